The Hall–Kier alpha value is -1.55. The fourth-order valence-electron chi connectivity index (χ4n) is 4.06. The molecule has 144 valence electrons. The van der Waals surface area contributed by atoms with Gasteiger partial charge in [-0.1, -0.05) is 18.9 Å². The van der Waals surface area contributed by atoms with Gasteiger partial charge in [0.1, 0.15) is 5.75 Å². The Kier molecular flexibility index (Phi) is 7.36. The molecule has 4 nitrogen and oxygen atoms in total. The Morgan fingerprint density at radius 2 is 1.81 bits per heavy atom. The van der Waals surface area contributed by atoms with Gasteiger partial charge < -0.3 is 15.0 Å². The smallest absolute Gasteiger partial charge is 0.260 e. The van der Waals surface area contributed by atoms with Crippen molar-refractivity contribution in [3.05, 3.63) is 29.3 Å². The van der Waals surface area contributed by atoms with Crippen molar-refractivity contribution in [2.75, 3.05) is 26.2 Å². The molecule has 1 atom stereocenters. The molecule has 1 amide bonds. The van der Waals surface area contributed by atoms with Crippen molar-refractivity contribution in [1.82, 2.24) is 10.2 Å². The number of fused-ring (bicyclic) bond motifs is 1. The van der Waals surface area contributed by atoms with Crippen LogP contribution in [0.25, 0.3) is 0 Å². The molecule has 1 heterocycles. The summed E-state index contributed by atoms with van der Waals surface area (Å²) in [5, 5.41) is 3.03. The number of rotatable bonds is 7. The van der Waals surface area contributed by atoms with Crippen LogP contribution >= 0.6 is 0 Å². The molecule has 0 bridgehead atoms. The lowest BCUT2D eigenvalue weighted by atomic mass is 9.92. The SMILES string of the molecule is C[C@@H](Oc1ccc2c(c1)CCCC2)C(=O)NCCCN1CCCCCC1. The van der Waals surface area contributed by atoms with E-state index in [1.165, 1.54) is 69.2 Å². The van der Waals surface area contributed by atoms with Crippen molar-refractivity contribution >= 4 is 5.91 Å². The third-order valence-corrected chi connectivity index (χ3v) is 5.65. The number of nitrogens with zero attached hydrogens (tertiary/aromatic N) is 1. The van der Waals surface area contributed by atoms with Gasteiger partial charge in [0.15, 0.2) is 6.10 Å². The fourth-order valence-corrected chi connectivity index (χ4v) is 4.06. The van der Waals surface area contributed by atoms with Gasteiger partial charge in [0.25, 0.3) is 5.91 Å². The second-order valence-electron chi connectivity index (χ2n) is 7.80. The predicted molar refractivity (Wildman–Crippen MR) is 106 cm³/mol. The first kappa shape index (κ1) is 19.2. The molecule has 0 unspecified atom stereocenters. The fraction of sp³-hybridized carbons (Fsp3) is 0.682. The Morgan fingerprint density at radius 3 is 2.58 bits per heavy atom. The van der Waals surface area contributed by atoms with Crippen molar-refractivity contribution in [3.63, 3.8) is 0 Å². The lowest BCUT2D eigenvalue weighted by Crippen LogP contribution is -2.38. The van der Waals surface area contributed by atoms with Crippen LogP contribution in [0, 0.1) is 0 Å². The minimum absolute atomic E-state index is 0.0152. The lowest BCUT2D eigenvalue weighted by molar-refractivity contribution is -0.127. The van der Waals surface area contributed by atoms with Gasteiger partial charge in [-0.25, -0.2) is 0 Å². The van der Waals surface area contributed by atoms with Gasteiger partial charge in [-0.15, -0.1) is 0 Å². The van der Waals surface area contributed by atoms with E-state index in [1.54, 1.807) is 0 Å². The van der Waals surface area contributed by atoms with E-state index in [1.807, 2.05) is 13.0 Å². The average Bonchev–Trinajstić information content (AvgIpc) is 2.93. The van der Waals surface area contributed by atoms with Gasteiger partial charge in [-0.2, -0.15) is 0 Å². The first-order chi connectivity index (χ1) is 12.7. The van der Waals surface area contributed by atoms with Crippen LogP contribution in [0.5, 0.6) is 5.75 Å². The van der Waals surface area contributed by atoms with E-state index in [4.69, 9.17) is 4.74 Å². The van der Waals surface area contributed by atoms with Crippen molar-refractivity contribution in [3.8, 4) is 5.75 Å². The van der Waals surface area contributed by atoms with Gasteiger partial charge in [0, 0.05) is 6.54 Å². The number of carbonyl (C=O) groups excluding carboxylic acids is 1. The highest BCUT2D eigenvalue weighted by molar-refractivity contribution is 5.80. The molecule has 1 aromatic carbocycles. The molecule has 2 aliphatic rings. The number of carbonyl (C=O) groups is 1. The molecule has 0 spiro atoms. The normalized spacial score (nSPS) is 19.3. The van der Waals surface area contributed by atoms with E-state index in [0.29, 0.717) is 0 Å². The molecule has 4 heteroatoms. The highest BCUT2D eigenvalue weighted by Gasteiger charge is 2.16. The molecule has 1 N–H and O–H groups in total. The second kappa shape index (κ2) is 9.96. The summed E-state index contributed by atoms with van der Waals surface area (Å²) in [6, 6.07) is 6.29. The summed E-state index contributed by atoms with van der Waals surface area (Å²) in [7, 11) is 0. The number of aryl methyl sites for hydroxylation is 2. The standard InChI is InChI=1S/C22H34N2O2/c1-18(26-21-12-11-19-9-4-5-10-20(19)17-21)22(25)23-13-8-16-24-14-6-2-3-7-15-24/h11-12,17-18H,2-10,13-16H2,1H3,(H,23,25)/t18-/m1/s1. The number of amides is 1. The summed E-state index contributed by atoms with van der Waals surface area (Å²) >= 11 is 0. The maximum absolute atomic E-state index is 12.3. The van der Waals surface area contributed by atoms with Crippen LogP contribution in [0.4, 0.5) is 0 Å². The van der Waals surface area contributed by atoms with Gasteiger partial charge in [0.05, 0.1) is 0 Å². The van der Waals surface area contributed by atoms with Gasteiger partial charge in [-0.3, -0.25) is 4.79 Å². The summed E-state index contributed by atoms with van der Waals surface area (Å²) in [4.78, 5) is 14.8. The molecule has 1 aromatic rings. The van der Waals surface area contributed by atoms with Gasteiger partial charge >= 0.3 is 0 Å². The molecule has 1 saturated heterocycles. The number of likely N-dealkylation sites (tertiary alicyclic amines) is 1. The van der Waals surface area contributed by atoms with Crippen molar-refractivity contribution in [2.45, 2.75) is 70.8 Å². The molecule has 1 fully saturated rings. The number of hydrogen-bond acceptors (Lipinski definition) is 3. The van der Waals surface area contributed by atoms with Crippen LogP contribution in [0.3, 0.4) is 0 Å². The molecular formula is C22H34N2O2. The zero-order valence-electron chi connectivity index (χ0n) is 16.3. The maximum Gasteiger partial charge on any atom is 0.260 e. The molecule has 3 rings (SSSR count). The Morgan fingerprint density at radius 1 is 1.08 bits per heavy atom. The van der Waals surface area contributed by atoms with Crippen LogP contribution in [0.15, 0.2) is 18.2 Å². The number of benzene rings is 1. The van der Waals surface area contributed by atoms with E-state index in [0.717, 1.165) is 31.7 Å². The maximum atomic E-state index is 12.3. The van der Waals surface area contributed by atoms with E-state index < -0.39 is 6.10 Å². The molecule has 0 saturated carbocycles. The summed E-state index contributed by atoms with van der Waals surface area (Å²) in [5.74, 6) is 0.802. The monoisotopic (exact) mass is 358 g/mol. The van der Waals surface area contributed by atoms with E-state index >= 15 is 0 Å². The Bertz CT molecular complexity index is 580. The summed E-state index contributed by atoms with van der Waals surface area (Å²) < 4.78 is 5.88. The van der Waals surface area contributed by atoms with Crippen molar-refractivity contribution in [2.24, 2.45) is 0 Å². The zero-order valence-corrected chi connectivity index (χ0v) is 16.3. The highest BCUT2D eigenvalue weighted by Crippen LogP contribution is 2.25. The summed E-state index contributed by atoms with van der Waals surface area (Å²) in [6.45, 7) is 6.08. The van der Waals surface area contributed by atoms with Crippen molar-refractivity contribution < 1.29 is 9.53 Å². The van der Waals surface area contributed by atoms with Gasteiger partial charge in [-0.05, 0) is 94.8 Å². The first-order valence-corrected chi connectivity index (χ1v) is 10.5. The molecule has 0 radical (unpaired) electrons. The number of ether oxygens (including phenoxy) is 1. The minimum atomic E-state index is -0.449. The summed E-state index contributed by atoms with van der Waals surface area (Å²) in [6.07, 6.45) is 10.8. The quantitative estimate of drug-likeness (QED) is 0.756. The van der Waals surface area contributed by atoms with Gasteiger partial charge in [0.2, 0.25) is 0 Å². The van der Waals surface area contributed by atoms with Crippen LogP contribution < -0.4 is 10.1 Å². The lowest BCUT2D eigenvalue weighted by Gasteiger charge is -2.20. The number of nitrogens with one attached hydrogen (secondary N) is 1. The molecule has 0 aromatic heterocycles. The van der Waals surface area contributed by atoms with E-state index in [2.05, 4.69) is 22.3 Å². The van der Waals surface area contributed by atoms with Crippen LogP contribution in [-0.2, 0) is 17.6 Å². The van der Waals surface area contributed by atoms with Crippen LogP contribution in [0.1, 0.15) is 63.0 Å². The third-order valence-electron chi connectivity index (χ3n) is 5.65. The predicted octanol–water partition coefficient (Wildman–Crippen LogP) is 3.72. The third kappa shape index (κ3) is 5.73. The topological polar surface area (TPSA) is 41.6 Å². The minimum Gasteiger partial charge on any atom is -0.481 e. The van der Waals surface area contributed by atoms with Crippen molar-refractivity contribution in [1.29, 1.82) is 0 Å². The molecule has 1 aliphatic heterocycles. The average molecular weight is 359 g/mol. The molecule has 26 heavy (non-hydrogen) atoms. The number of hydrogen-bond donors (Lipinski definition) is 1. The highest BCUT2D eigenvalue weighted by atomic mass is 16.5. The van der Waals surface area contributed by atoms with E-state index in [9.17, 15) is 4.79 Å². The Labute approximate surface area is 158 Å². The molecule has 1 aliphatic carbocycles. The zero-order chi connectivity index (χ0) is 18.2. The van der Waals surface area contributed by atoms with Crippen LogP contribution in [-0.4, -0.2) is 43.1 Å². The second-order valence-corrected chi connectivity index (χ2v) is 7.80. The van der Waals surface area contributed by atoms with Crippen LogP contribution in [0.2, 0.25) is 0 Å². The summed E-state index contributed by atoms with van der Waals surface area (Å²) in [5.41, 5.74) is 2.83. The Balaban J connectivity index is 1.37. The first-order valence-electron chi connectivity index (χ1n) is 10.5. The largest absolute Gasteiger partial charge is 0.481 e. The molecular weight excluding hydrogens is 324 g/mol. The van der Waals surface area contributed by atoms with E-state index in [-0.39, 0.29) is 5.91 Å².